The third-order valence-electron chi connectivity index (χ3n) is 3.67. The third kappa shape index (κ3) is 2.38. The summed E-state index contributed by atoms with van der Waals surface area (Å²) in [5, 5.41) is 8.90. The number of aliphatic carboxylic acids is 1. The molecule has 1 aliphatic rings. The first-order valence-corrected chi connectivity index (χ1v) is 6.60. The molecule has 1 heterocycles. The molecule has 1 aliphatic carbocycles. The molecular weight excluding hydrogens is 240 g/mol. The number of fused-ring (bicyclic) bond motifs is 1. The normalized spacial score (nSPS) is 14.1. The van der Waals surface area contributed by atoms with Crippen molar-refractivity contribution in [1.29, 1.82) is 0 Å². The number of hydrogen-bond donors (Lipinski definition) is 2. The van der Waals surface area contributed by atoms with Gasteiger partial charge in [-0.1, -0.05) is 12.1 Å². The minimum absolute atomic E-state index is 0.0214. The molecule has 4 nitrogen and oxygen atoms in total. The summed E-state index contributed by atoms with van der Waals surface area (Å²) < 4.78 is 0. The number of nitrogens with zero attached hydrogens (tertiary/aromatic N) is 1. The number of aromatic amines is 1. The van der Waals surface area contributed by atoms with Crippen molar-refractivity contribution >= 4 is 5.97 Å². The van der Waals surface area contributed by atoms with Crippen molar-refractivity contribution in [3.05, 3.63) is 41.3 Å². The van der Waals surface area contributed by atoms with Gasteiger partial charge >= 0.3 is 5.97 Å². The Bertz CT molecular complexity index is 616. The first-order valence-electron chi connectivity index (χ1n) is 6.60. The van der Waals surface area contributed by atoms with Crippen molar-refractivity contribution < 1.29 is 9.90 Å². The van der Waals surface area contributed by atoms with Crippen molar-refractivity contribution in [2.75, 3.05) is 0 Å². The molecular formula is C15H16N2O2. The molecule has 0 atom stereocenters. The Morgan fingerprint density at radius 2 is 2.05 bits per heavy atom. The van der Waals surface area contributed by atoms with Gasteiger partial charge in [0.2, 0.25) is 0 Å². The van der Waals surface area contributed by atoms with Crippen molar-refractivity contribution in [1.82, 2.24) is 9.97 Å². The van der Waals surface area contributed by atoms with Crippen LogP contribution in [0.5, 0.6) is 0 Å². The quantitative estimate of drug-likeness (QED) is 0.887. The Morgan fingerprint density at radius 3 is 2.84 bits per heavy atom. The predicted octanol–water partition coefficient (Wildman–Crippen LogP) is 2.58. The van der Waals surface area contributed by atoms with E-state index in [9.17, 15) is 4.79 Å². The summed E-state index contributed by atoms with van der Waals surface area (Å²) in [6.45, 7) is 0. The van der Waals surface area contributed by atoms with Crippen LogP contribution in [-0.2, 0) is 24.1 Å². The lowest BCUT2D eigenvalue weighted by molar-refractivity contribution is -0.136. The predicted molar refractivity (Wildman–Crippen MR) is 72.0 cm³/mol. The highest BCUT2D eigenvalue weighted by molar-refractivity contribution is 5.74. The Balaban J connectivity index is 1.98. The van der Waals surface area contributed by atoms with Crippen LogP contribution >= 0.6 is 0 Å². The summed E-state index contributed by atoms with van der Waals surface area (Å²) in [6.07, 6.45) is 6.30. The van der Waals surface area contributed by atoms with E-state index >= 15 is 0 Å². The molecule has 3 rings (SSSR count). The van der Waals surface area contributed by atoms with Gasteiger partial charge in [0.25, 0.3) is 0 Å². The van der Waals surface area contributed by atoms with Gasteiger partial charge in [-0.15, -0.1) is 0 Å². The lowest BCUT2D eigenvalue weighted by Gasteiger charge is -2.16. The van der Waals surface area contributed by atoms with E-state index in [2.05, 4.69) is 22.1 Å². The molecule has 0 saturated carbocycles. The van der Waals surface area contributed by atoms with Gasteiger partial charge in [0.15, 0.2) is 0 Å². The molecule has 2 aromatic rings. The highest BCUT2D eigenvalue weighted by Gasteiger charge is 2.14. The van der Waals surface area contributed by atoms with Gasteiger partial charge in [-0.2, -0.15) is 0 Å². The molecule has 4 heteroatoms. The highest BCUT2D eigenvalue weighted by atomic mass is 16.4. The van der Waals surface area contributed by atoms with Crippen LogP contribution in [0.1, 0.15) is 29.7 Å². The van der Waals surface area contributed by atoms with Crippen molar-refractivity contribution in [3.63, 3.8) is 0 Å². The number of hydrogen-bond acceptors (Lipinski definition) is 2. The van der Waals surface area contributed by atoms with Crippen LogP contribution in [0.2, 0.25) is 0 Å². The molecule has 1 aromatic carbocycles. The van der Waals surface area contributed by atoms with Gasteiger partial charge in [-0.25, -0.2) is 4.98 Å². The minimum atomic E-state index is -0.844. The summed E-state index contributed by atoms with van der Waals surface area (Å²) in [7, 11) is 0. The first-order chi connectivity index (χ1) is 9.24. The zero-order chi connectivity index (χ0) is 13.2. The first kappa shape index (κ1) is 12.0. The van der Waals surface area contributed by atoms with Crippen molar-refractivity contribution in [3.8, 4) is 11.3 Å². The fraction of sp³-hybridized carbons (Fsp3) is 0.333. The molecule has 0 radical (unpaired) electrons. The molecule has 0 saturated heterocycles. The van der Waals surface area contributed by atoms with Crippen LogP contribution in [0.3, 0.4) is 0 Å². The van der Waals surface area contributed by atoms with Gasteiger partial charge in [-0.3, -0.25) is 4.79 Å². The Morgan fingerprint density at radius 1 is 1.26 bits per heavy atom. The molecule has 2 N–H and O–H groups in total. The van der Waals surface area contributed by atoms with Gasteiger partial charge in [-0.05, 0) is 42.9 Å². The topological polar surface area (TPSA) is 66.0 Å². The SMILES string of the molecule is O=C(O)Cc1[nH]cnc1-c1ccc2c(c1)CCCC2. The van der Waals surface area contributed by atoms with E-state index in [-0.39, 0.29) is 6.42 Å². The van der Waals surface area contributed by atoms with Crippen LogP contribution in [0.15, 0.2) is 24.5 Å². The van der Waals surface area contributed by atoms with Crippen molar-refractivity contribution in [2.24, 2.45) is 0 Å². The van der Waals surface area contributed by atoms with Crippen LogP contribution in [0, 0.1) is 0 Å². The molecule has 0 fully saturated rings. The number of aryl methyl sites for hydroxylation is 2. The number of rotatable bonds is 3. The maximum Gasteiger partial charge on any atom is 0.309 e. The van der Waals surface area contributed by atoms with Gasteiger partial charge in [0.05, 0.1) is 24.1 Å². The Labute approximate surface area is 111 Å². The number of carbonyl (C=O) groups is 1. The molecule has 1 aromatic heterocycles. The summed E-state index contributed by atoms with van der Waals surface area (Å²) in [5.41, 5.74) is 5.25. The van der Waals surface area contributed by atoms with Crippen LogP contribution < -0.4 is 0 Å². The summed E-state index contributed by atoms with van der Waals surface area (Å²) in [6, 6.07) is 6.37. The average molecular weight is 256 g/mol. The van der Waals surface area contributed by atoms with E-state index in [0.717, 1.165) is 24.1 Å². The largest absolute Gasteiger partial charge is 0.481 e. The number of H-pyrrole nitrogens is 1. The number of nitrogens with one attached hydrogen (secondary N) is 1. The third-order valence-corrected chi connectivity index (χ3v) is 3.67. The van der Waals surface area contributed by atoms with Gasteiger partial charge < -0.3 is 10.1 Å². The smallest absolute Gasteiger partial charge is 0.309 e. The van der Waals surface area contributed by atoms with E-state index in [1.165, 1.54) is 24.0 Å². The van der Waals surface area contributed by atoms with Crippen LogP contribution in [-0.4, -0.2) is 21.0 Å². The zero-order valence-electron chi connectivity index (χ0n) is 10.6. The molecule has 0 bridgehead atoms. The lowest BCUT2D eigenvalue weighted by Crippen LogP contribution is -2.04. The van der Waals surface area contributed by atoms with E-state index < -0.39 is 5.97 Å². The molecule has 98 valence electrons. The van der Waals surface area contributed by atoms with E-state index in [1.54, 1.807) is 6.33 Å². The Kier molecular flexibility index (Phi) is 3.07. The molecule has 0 unspecified atom stereocenters. The summed E-state index contributed by atoms with van der Waals surface area (Å²) in [5.74, 6) is -0.844. The number of benzene rings is 1. The maximum atomic E-state index is 10.8. The monoisotopic (exact) mass is 256 g/mol. The molecule has 0 aliphatic heterocycles. The van der Waals surface area contributed by atoms with E-state index in [4.69, 9.17) is 5.11 Å². The second-order valence-electron chi connectivity index (χ2n) is 4.99. The van der Waals surface area contributed by atoms with Gasteiger partial charge in [0.1, 0.15) is 0 Å². The second kappa shape index (κ2) is 4.88. The number of carboxylic acid groups (broad SMARTS) is 1. The minimum Gasteiger partial charge on any atom is -0.481 e. The number of aromatic nitrogens is 2. The molecule has 0 spiro atoms. The number of imidazole rings is 1. The average Bonchev–Trinajstić information content (AvgIpc) is 2.85. The lowest BCUT2D eigenvalue weighted by atomic mass is 9.89. The van der Waals surface area contributed by atoms with E-state index in [1.807, 2.05) is 6.07 Å². The number of carboxylic acids is 1. The molecule has 19 heavy (non-hydrogen) atoms. The summed E-state index contributed by atoms with van der Waals surface area (Å²) >= 11 is 0. The summed E-state index contributed by atoms with van der Waals surface area (Å²) in [4.78, 5) is 18.0. The molecule has 0 amide bonds. The Hall–Kier alpha value is -2.10. The van der Waals surface area contributed by atoms with Crippen LogP contribution in [0.4, 0.5) is 0 Å². The van der Waals surface area contributed by atoms with Gasteiger partial charge in [0, 0.05) is 5.56 Å². The maximum absolute atomic E-state index is 10.8. The van der Waals surface area contributed by atoms with Crippen LogP contribution in [0.25, 0.3) is 11.3 Å². The fourth-order valence-electron chi connectivity index (χ4n) is 2.74. The van der Waals surface area contributed by atoms with Crippen molar-refractivity contribution in [2.45, 2.75) is 32.1 Å². The van der Waals surface area contributed by atoms with E-state index in [0.29, 0.717) is 5.69 Å². The highest BCUT2D eigenvalue weighted by Crippen LogP contribution is 2.28. The standard InChI is InChI=1S/C15H16N2O2/c18-14(19)8-13-15(17-9-16-13)12-6-5-10-3-1-2-4-11(10)7-12/h5-7,9H,1-4,8H2,(H,16,17)(H,18,19). The zero-order valence-corrected chi connectivity index (χ0v) is 10.6. The second-order valence-corrected chi connectivity index (χ2v) is 4.99. The fourth-order valence-corrected chi connectivity index (χ4v) is 2.74.